The fraction of sp³-hybridized carbons (Fsp3) is 0.222. The van der Waals surface area contributed by atoms with Gasteiger partial charge in [0.05, 0.1) is 17.0 Å². The van der Waals surface area contributed by atoms with Gasteiger partial charge in [0, 0.05) is 17.5 Å². The van der Waals surface area contributed by atoms with Gasteiger partial charge in [-0.25, -0.2) is 8.42 Å². The number of hydrogen-bond donors (Lipinski definition) is 1. The number of nitrogens with zero attached hydrogens (tertiary/aromatic N) is 2. The number of halogens is 3. The largest absolute Gasteiger partial charge is 0.416 e. The Kier molecular flexibility index (Phi) is 5.16. The van der Waals surface area contributed by atoms with Crippen molar-refractivity contribution in [2.24, 2.45) is 0 Å². The molecule has 0 spiro atoms. The summed E-state index contributed by atoms with van der Waals surface area (Å²) >= 11 is 0. The first-order valence-corrected chi connectivity index (χ1v) is 9.98. The predicted octanol–water partition coefficient (Wildman–Crippen LogP) is 4.08. The van der Waals surface area contributed by atoms with Gasteiger partial charge < -0.3 is 9.84 Å². The van der Waals surface area contributed by atoms with Crippen LogP contribution in [0.25, 0.3) is 11.4 Å². The normalized spacial score (nSPS) is 12.2. The Hall–Kier alpha value is -2.88. The number of aromatic nitrogens is 2. The smallest absolute Gasteiger partial charge is 0.376 e. The molecule has 3 rings (SSSR count). The highest BCUT2D eigenvalue weighted by atomic mass is 32.2. The molecule has 0 aliphatic rings. The van der Waals surface area contributed by atoms with Crippen molar-refractivity contribution in [1.29, 1.82) is 0 Å². The Balaban J connectivity index is 1.78. The summed E-state index contributed by atoms with van der Waals surface area (Å²) in [5.41, 5.74) is 0.759. The lowest BCUT2D eigenvalue weighted by atomic mass is 10.1. The molecule has 2 aromatic carbocycles. The van der Waals surface area contributed by atoms with Crippen LogP contribution < -0.4 is 5.32 Å². The van der Waals surface area contributed by atoms with Crippen molar-refractivity contribution < 1.29 is 26.1 Å². The summed E-state index contributed by atoms with van der Waals surface area (Å²) in [5.74, 6) is 0.182. The van der Waals surface area contributed by atoms with Crippen LogP contribution in [0.3, 0.4) is 0 Å². The molecule has 0 aliphatic carbocycles. The summed E-state index contributed by atoms with van der Waals surface area (Å²) in [6.45, 7) is 1.89. The molecule has 0 unspecified atom stereocenters. The molecular formula is C18H16F3N3O3S. The molecule has 28 heavy (non-hydrogen) atoms. The highest BCUT2D eigenvalue weighted by molar-refractivity contribution is 7.90. The Bertz CT molecular complexity index is 1110. The molecule has 0 atom stereocenters. The molecule has 0 bridgehead atoms. The summed E-state index contributed by atoms with van der Waals surface area (Å²) in [4.78, 5) is 4.26. The molecule has 0 radical (unpaired) electrons. The van der Waals surface area contributed by atoms with Crippen molar-refractivity contribution in [3.8, 4) is 11.4 Å². The van der Waals surface area contributed by atoms with Crippen LogP contribution in [-0.4, -0.2) is 24.8 Å². The van der Waals surface area contributed by atoms with E-state index in [-0.39, 0.29) is 28.7 Å². The first-order valence-electron chi connectivity index (χ1n) is 8.09. The summed E-state index contributed by atoms with van der Waals surface area (Å²) in [6, 6.07) is 9.30. The number of benzene rings is 2. The number of alkyl halides is 3. The lowest BCUT2D eigenvalue weighted by Crippen LogP contribution is -2.05. The van der Waals surface area contributed by atoms with Gasteiger partial charge in [0.1, 0.15) is 0 Å². The van der Waals surface area contributed by atoms with E-state index in [1.807, 2.05) is 0 Å². The van der Waals surface area contributed by atoms with Crippen LogP contribution in [0.2, 0.25) is 0 Å². The van der Waals surface area contributed by atoms with Crippen LogP contribution in [0.1, 0.15) is 17.0 Å². The van der Waals surface area contributed by atoms with Gasteiger partial charge >= 0.3 is 6.18 Å². The zero-order valence-electron chi connectivity index (χ0n) is 14.9. The van der Waals surface area contributed by atoms with Crippen LogP contribution in [-0.2, 0) is 22.6 Å². The second kappa shape index (κ2) is 7.27. The molecule has 0 saturated heterocycles. The van der Waals surface area contributed by atoms with Crippen molar-refractivity contribution in [2.45, 2.75) is 24.5 Å². The van der Waals surface area contributed by atoms with Crippen LogP contribution in [0.15, 0.2) is 51.9 Å². The Labute approximate surface area is 159 Å². The van der Waals surface area contributed by atoms with Crippen molar-refractivity contribution in [2.75, 3.05) is 11.6 Å². The molecule has 0 fully saturated rings. The van der Waals surface area contributed by atoms with Gasteiger partial charge in [0.25, 0.3) is 0 Å². The number of aryl methyl sites for hydroxylation is 1. The van der Waals surface area contributed by atoms with E-state index in [4.69, 9.17) is 4.52 Å². The summed E-state index contributed by atoms with van der Waals surface area (Å²) in [7, 11) is -3.36. The van der Waals surface area contributed by atoms with E-state index in [9.17, 15) is 21.6 Å². The number of rotatable bonds is 5. The Morgan fingerprint density at radius 1 is 1.14 bits per heavy atom. The third-order valence-electron chi connectivity index (χ3n) is 3.98. The van der Waals surface area contributed by atoms with Crippen LogP contribution in [0.5, 0.6) is 0 Å². The number of hydrogen-bond acceptors (Lipinski definition) is 6. The van der Waals surface area contributed by atoms with Crippen molar-refractivity contribution >= 4 is 15.5 Å². The lowest BCUT2D eigenvalue weighted by molar-refractivity contribution is -0.137. The monoisotopic (exact) mass is 411 g/mol. The van der Waals surface area contributed by atoms with Gasteiger partial charge in [-0.05, 0) is 36.8 Å². The standard InChI is InChI=1S/C18H16F3N3O3S/c1-11-6-7-14(28(2,25)26)9-15(11)22-10-16-23-17(24-27-16)12-4-3-5-13(8-12)18(19,20)21/h3-9,22H,10H2,1-2H3. The van der Waals surface area contributed by atoms with Gasteiger partial charge in [0.15, 0.2) is 9.84 Å². The van der Waals surface area contributed by atoms with E-state index in [2.05, 4.69) is 15.5 Å². The third-order valence-corrected chi connectivity index (χ3v) is 5.09. The fourth-order valence-corrected chi connectivity index (χ4v) is 3.12. The van der Waals surface area contributed by atoms with E-state index in [1.165, 1.54) is 24.3 Å². The molecule has 3 aromatic rings. The summed E-state index contributed by atoms with van der Waals surface area (Å²) in [6.07, 6.45) is -3.35. The maximum absolute atomic E-state index is 12.8. The van der Waals surface area contributed by atoms with Crippen molar-refractivity contribution in [3.63, 3.8) is 0 Å². The Morgan fingerprint density at radius 2 is 1.89 bits per heavy atom. The van der Waals surface area contributed by atoms with E-state index >= 15 is 0 Å². The number of nitrogens with one attached hydrogen (secondary N) is 1. The first-order chi connectivity index (χ1) is 13.0. The second-order valence-corrected chi connectivity index (χ2v) is 8.21. The second-order valence-electron chi connectivity index (χ2n) is 6.19. The quantitative estimate of drug-likeness (QED) is 0.681. The lowest BCUT2D eigenvalue weighted by Gasteiger charge is -2.09. The average molecular weight is 411 g/mol. The van der Waals surface area contributed by atoms with Gasteiger partial charge in [-0.15, -0.1) is 0 Å². The SMILES string of the molecule is Cc1ccc(S(C)(=O)=O)cc1NCc1nc(-c2cccc(C(F)(F)F)c2)no1. The number of sulfone groups is 1. The predicted molar refractivity (Wildman–Crippen MR) is 96.4 cm³/mol. The highest BCUT2D eigenvalue weighted by Gasteiger charge is 2.30. The first kappa shape index (κ1) is 19.9. The molecule has 0 amide bonds. The molecule has 1 heterocycles. The topological polar surface area (TPSA) is 85.1 Å². The Morgan fingerprint density at radius 3 is 2.57 bits per heavy atom. The third kappa shape index (κ3) is 4.50. The summed E-state index contributed by atoms with van der Waals surface area (Å²) < 4.78 is 66.9. The van der Waals surface area contributed by atoms with Crippen molar-refractivity contribution in [3.05, 3.63) is 59.5 Å². The molecule has 0 aliphatic heterocycles. The van der Waals surface area contributed by atoms with Crippen molar-refractivity contribution in [1.82, 2.24) is 10.1 Å². The highest BCUT2D eigenvalue weighted by Crippen LogP contribution is 2.31. The van der Waals surface area contributed by atoms with E-state index < -0.39 is 21.6 Å². The minimum atomic E-state index is -4.47. The van der Waals surface area contributed by atoms with E-state index in [1.54, 1.807) is 13.0 Å². The average Bonchev–Trinajstić information content (AvgIpc) is 3.08. The maximum atomic E-state index is 12.8. The minimum Gasteiger partial charge on any atom is -0.376 e. The van der Waals surface area contributed by atoms with Crippen LogP contribution >= 0.6 is 0 Å². The van der Waals surface area contributed by atoms with E-state index in [0.29, 0.717) is 5.69 Å². The zero-order chi connectivity index (χ0) is 20.5. The molecule has 148 valence electrons. The maximum Gasteiger partial charge on any atom is 0.416 e. The molecule has 6 nitrogen and oxygen atoms in total. The molecule has 1 aromatic heterocycles. The van der Waals surface area contributed by atoms with Crippen LogP contribution in [0.4, 0.5) is 18.9 Å². The molecule has 0 saturated carbocycles. The molecule has 1 N–H and O–H groups in total. The van der Waals surface area contributed by atoms with Gasteiger partial charge in [-0.3, -0.25) is 0 Å². The van der Waals surface area contributed by atoms with Gasteiger partial charge in [-0.1, -0.05) is 23.4 Å². The van der Waals surface area contributed by atoms with Gasteiger partial charge in [-0.2, -0.15) is 18.2 Å². The number of anilines is 1. The van der Waals surface area contributed by atoms with Gasteiger partial charge in [0.2, 0.25) is 11.7 Å². The zero-order valence-corrected chi connectivity index (χ0v) is 15.7. The van der Waals surface area contributed by atoms with E-state index in [0.717, 1.165) is 24.0 Å². The minimum absolute atomic E-state index is 0.0320. The molecular weight excluding hydrogens is 395 g/mol. The van der Waals surface area contributed by atoms with Crippen LogP contribution in [0, 0.1) is 6.92 Å². The molecule has 10 heteroatoms. The fourth-order valence-electron chi connectivity index (χ4n) is 2.47. The summed E-state index contributed by atoms with van der Waals surface area (Å²) in [5, 5.41) is 6.71.